The van der Waals surface area contributed by atoms with Crippen LogP contribution in [0, 0.1) is 0 Å². The molecule has 1 amide bonds. The fourth-order valence-electron chi connectivity index (χ4n) is 3.17. The number of aliphatic hydroxyl groups is 1. The average Bonchev–Trinajstić information content (AvgIpc) is 2.76. The number of hydroxylamine groups is 1. The van der Waals surface area contributed by atoms with Crippen LogP contribution in [0.2, 0.25) is 0 Å². The highest BCUT2D eigenvalue weighted by Crippen LogP contribution is 2.28. The van der Waals surface area contributed by atoms with E-state index in [4.69, 9.17) is 4.84 Å². The van der Waals surface area contributed by atoms with E-state index in [1.807, 2.05) is 79.4 Å². The van der Waals surface area contributed by atoms with Crippen molar-refractivity contribution < 1.29 is 19.5 Å². The van der Waals surface area contributed by atoms with Crippen molar-refractivity contribution in [3.8, 4) is 0 Å². The van der Waals surface area contributed by atoms with Crippen LogP contribution in [-0.2, 0) is 14.4 Å². The second-order valence-corrected chi connectivity index (χ2v) is 6.88. The van der Waals surface area contributed by atoms with E-state index in [1.54, 1.807) is 0 Å². The molecule has 2 N–H and O–H groups in total. The van der Waals surface area contributed by atoms with Gasteiger partial charge in [0.05, 0.1) is 6.10 Å². The van der Waals surface area contributed by atoms with Crippen LogP contribution >= 0.6 is 0 Å². The molecule has 0 saturated heterocycles. The summed E-state index contributed by atoms with van der Waals surface area (Å²) in [7, 11) is 0. The first-order valence-corrected chi connectivity index (χ1v) is 10.00. The number of rotatable bonds is 12. The Kier molecular flexibility index (Phi) is 9.50. The molecule has 0 aliphatic rings. The largest absolute Gasteiger partial charge is 0.389 e. The van der Waals surface area contributed by atoms with Crippen molar-refractivity contribution in [2.24, 2.45) is 0 Å². The van der Waals surface area contributed by atoms with Crippen LogP contribution in [0.25, 0.3) is 0 Å². The van der Waals surface area contributed by atoms with E-state index in [1.165, 1.54) is 0 Å². The molecule has 0 heterocycles. The molecule has 0 fully saturated rings. The maximum Gasteiger partial charge on any atom is 0.310 e. The van der Waals surface area contributed by atoms with Gasteiger partial charge in [0.1, 0.15) is 6.61 Å². The maximum atomic E-state index is 12.5. The second kappa shape index (κ2) is 12.1. The molecule has 29 heavy (non-hydrogen) atoms. The lowest BCUT2D eigenvalue weighted by Gasteiger charge is -2.21. The quantitative estimate of drug-likeness (QED) is 0.424. The van der Waals surface area contributed by atoms with E-state index in [-0.39, 0.29) is 18.9 Å². The first kappa shape index (κ1) is 22.7. The summed E-state index contributed by atoms with van der Waals surface area (Å²) in [5.74, 6) is -1.60. The van der Waals surface area contributed by atoms with Crippen molar-refractivity contribution in [3.05, 3.63) is 71.8 Å². The number of carbonyl (C=O) groups is 2. The number of Topliss-reactive ketones (excluding diaryl/α,β-unsaturated/α-hetero) is 1. The zero-order chi connectivity index (χ0) is 21.1. The molecule has 0 aliphatic heterocycles. The molecule has 0 aromatic heterocycles. The Labute approximate surface area is 172 Å². The number of carbonyl (C=O) groups excluding carboxylic acids is 2. The average molecular weight is 399 g/mol. The Balaban J connectivity index is 1.91. The summed E-state index contributed by atoms with van der Waals surface area (Å²) >= 11 is 0. The summed E-state index contributed by atoms with van der Waals surface area (Å²) < 4.78 is 0. The zero-order valence-electron chi connectivity index (χ0n) is 17.1. The van der Waals surface area contributed by atoms with Crippen LogP contribution in [0.3, 0.4) is 0 Å². The van der Waals surface area contributed by atoms with Gasteiger partial charge in [0.25, 0.3) is 0 Å². The van der Waals surface area contributed by atoms with Gasteiger partial charge < -0.3 is 10.0 Å². The summed E-state index contributed by atoms with van der Waals surface area (Å²) in [5, 5.41) is 9.97. The smallest absolute Gasteiger partial charge is 0.310 e. The molecular weight excluding hydrogens is 368 g/mol. The van der Waals surface area contributed by atoms with Crippen LogP contribution in [-0.4, -0.2) is 54.0 Å². The van der Waals surface area contributed by atoms with E-state index in [9.17, 15) is 14.7 Å². The number of aliphatic hydroxyl groups excluding tert-OH is 1. The van der Waals surface area contributed by atoms with Gasteiger partial charge in [-0.15, -0.1) is 0 Å². The molecule has 0 saturated carbocycles. The third-order valence-electron chi connectivity index (χ3n) is 4.85. The number of likely N-dealkylation sites (N-methyl/N-ethyl adjacent to an activating group) is 1. The van der Waals surface area contributed by atoms with Crippen molar-refractivity contribution in [2.75, 3.05) is 26.2 Å². The Bertz CT molecular complexity index is 708. The molecule has 2 rings (SSSR count). The third-order valence-corrected chi connectivity index (χ3v) is 4.85. The van der Waals surface area contributed by atoms with E-state index in [2.05, 4.69) is 5.48 Å². The normalized spacial score (nSPS) is 12.2. The highest BCUT2D eigenvalue weighted by molar-refractivity contribution is 6.36. The molecule has 2 aromatic rings. The summed E-state index contributed by atoms with van der Waals surface area (Å²) in [6.45, 7) is 6.02. The maximum absolute atomic E-state index is 12.5. The van der Waals surface area contributed by atoms with Gasteiger partial charge in [-0.3, -0.25) is 14.4 Å². The van der Waals surface area contributed by atoms with Gasteiger partial charge >= 0.3 is 5.91 Å². The predicted molar refractivity (Wildman–Crippen MR) is 112 cm³/mol. The number of benzene rings is 2. The van der Waals surface area contributed by atoms with Gasteiger partial charge in [-0.05, 0) is 24.2 Å². The Morgan fingerprint density at radius 2 is 1.48 bits per heavy atom. The molecular formula is C23H30N2O4. The summed E-state index contributed by atoms with van der Waals surface area (Å²) in [5.41, 5.74) is 4.10. The van der Waals surface area contributed by atoms with Crippen LogP contribution in [0.15, 0.2) is 60.7 Å². The van der Waals surface area contributed by atoms with E-state index < -0.39 is 17.8 Å². The summed E-state index contributed by atoms with van der Waals surface area (Å²) in [6.07, 6.45) is -0.711. The molecule has 0 aliphatic carbocycles. The van der Waals surface area contributed by atoms with Crippen LogP contribution in [0.4, 0.5) is 0 Å². The lowest BCUT2D eigenvalue weighted by atomic mass is 9.87. The van der Waals surface area contributed by atoms with E-state index in [0.717, 1.165) is 24.2 Å². The topological polar surface area (TPSA) is 78.9 Å². The summed E-state index contributed by atoms with van der Waals surface area (Å²) in [6, 6.07) is 19.3. The minimum absolute atomic E-state index is 0.0330. The van der Waals surface area contributed by atoms with Crippen LogP contribution in [0.5, 0.6) is 0 Å². The first-order valence-electron chi connectivity index (χ1n) is 10.00. The Hall–Kier alpha value is -2.54. The zero-order valence-corrected chi connectivity index (χ0v) is 17.1. The van der Waals surface area contributed by atoms with Crippen LogP contribution < -0.4 is 5.48 Å². The Morgan fingerprint density at radius 3 is 1.97 bits per heavy atom. The number of nitrogens with zero attached hydrogens (tertiary/aromatic N) is 1. The van der Waals surface area contributed by atoms with E-state index in [0.29, 0.717) is 6.54 Å². The molecule has 1 atom stereocenters. The number of nitrogens with one attached hydrogen (secondary N) is 1. The predicted octanol–water partition coefficient (Wildman–Crippen LogP) is 2.53. The van der Waals surface area contributed by atoms with Crippen molar-refractivity contribution >= 4 is 11.7 Å². The van der Waals surface area contributed by atoms with Crippen molar-refractivity contribution in [1.82, 2.24) is 10.4 Å². The third kappa shape index (κ3) is 7.42. The minimum atomic E-state index is -0.808. The fraction of sp³-hybridized carbons (Fsp3) is 0.391. The first-order chi connectivity index (χ1) is 14.0. The summed E-state index contributed by atoms with van der Waals surface area (Å²) in [4.78, 5) is 31.8. The minimum Gasteiger partial charge on any atom is -0.389 e. The van der Waals surface area contributed by atoms with Crippen molar-refractivity contribution in [1.29, 1.82) is 0 Å². The van der Waals surface area contributed by atoms with Gasteiger partial charge in [-0.25, -0.2) is 5.48 Å². The van der Waals surface area contributed by atoms with Crippen molar-refractivity contribution in [3.63, 3.8) is 0 Å². The van der Waals surface area contributed by atoms with Crippen molar-refractivity contribution in [2.45, 2.75) is 32.3 Å². The molecule has 6 heteroatoms. The molecule has 6 nitrogen and oxygen atoms in total. The molecule has 2 aromatic carbocycles. The molecule has 1 unspecified atom stereocenters. The van der Waals surface area contributed by atoms with E-state index >= 15 is 0 Å². The second-order valence-electron chi connectivity index (χ2n) is 6.88. The SMILES string of the molecule is CCN(CC)CC(O)CONC(=O)C(=O)CC(c1ccccc1)c1ccccc1. The molecule has 0 radical (unpaired) electrons. The molecule has 0 bridgehead atoms. The highest BCUT2D eigenvalue weighted by atomic mass is 16.7. The van der Waals surface area contributed by atoms with Crippen LogP contribution in [0.1, 0.15) is 37.3 Å². The monoisotopic (exact) mass is 398 g/mol. The standard InChI is InChI=1S/C23H30N2O4/c1-3-25(4-2)16-20(26)17-29-24-23(28)22(27)15-21(18-11-7-5-8-12-18)19-13-9-6-10-14-19/h5-14,20-21,26H,3-4,15-17H2,1-2H3,(H,24,28). The van der Waals surface area contributed by atoms with Gasteiger partial charge in [0, 0.05) is 18.9 Å². The lowest BCUT2D eigenvalue weighted by molar-refractivity contribution is -0.147. The number of amides is 1. The number of hydrogen-bond donors (Lipinski definition) is 2. The molecule has 0 spiro atoms. The van der Waals surface area contributed by atoms with Gasteiger partial charge in [0.2, 0.25) is 5.78 Å². The highest BCUT2D eigenvalue weighted by Gasteiger charge is 2.23. The number of ketones is 1. The Morgan fingerprint density at radius 1 is 0.966 bits per heavy atom. The molecule has 156 valence electrons. The van der Waals surface area contributed by atoms with Gasteiger partial charge in [-0.2, -0.15) is 0 Å². The van der Waals surface area contributed by atoms with Gasteiger partial charge in [-0.1, -0.05) is 74.5 Å². The van der Waals surface area contributed by atoms with Gasteiger partial charge in [0.15, 0.2) is 0 Å². The fourth-order valence-corrected chi connectivity index (χ4v) is 3.17. The lowest BCUT2D eigenvalue weighted by Crippen LogP contribution is -2.38. The number of hydrogen-bond acceptors (Lipinski definition) is 5.